The van der Waals surface area contributed by atoms with Crippen molar-refractivity contribution in [3.05, 3.63) is 42.4 Å². The zero-order valence-electron chi connectivity index (χ0n) is 14.8. The maximum Gasteiger partial charge on any atom is 0.418 e. The minimum Gasteiger partial charge on any atom is -0.443 e. The van der Waals surface area contributed by atoms with Gasteiger partial charge >= 0.3 is 6.09 Å². The van der Waals surface area contributed by atoms with Gasteiger partial charge in [0.15, 0.2) is 0 Å². The number of benzene rings is 1. The van der Waals surface area contributed by atoms with E-state index in [2.05, 4.69) is 11.2 Å². The SMILES string of the molecule is Cn1cc(-c2ccc3c(ccn3C(=O)OC(C)(C)C)c2)c(CC#N)n1. The van der Waals surface area contributed by atoms with Crippen LogP contribution in [0, 0.1) is 11.3 Å². The van der Waals surface area contributed by atoms with Gasteiger partial charge in [-0.3, -0.25) is 9.25 Å². The van der Waals surface area contributed by atoms with E-state index in [0.29, 0.717) is 0 Å². The number of hydrogen-bond acceptors (Lipinski definition) is 4. The Labute approximate surface area is 146 Å². The molecule has 3 aromatic rings. The van der Waals surface area contributed by atoms with Crippen LogP contribution in [0.15, 0.2) is 36.7 Å². The Morgan fingerprint density at radius 2 is 2.08 bits per heavy atom. The Balaban J connectivity index is 2.01. The van der Waals surface area contributed by atoms with Crippen LogP contribution in [0.4, 0.5) is 4.79 Å². The van der Waals surface area contributed by atoms with E-state index in [0.717, 1.165) is 27.7 Å². The van der Waals surface area contributed by atoms with Gasteiger partial charge in [0.05, 0.1) is 23.7 Å². The van der Waals surface area contributed by atoms with Gasteiger partial charge < -0.3 is 4.74 Å². The predicted molar refractivity (Wildman–Crippen MR) is 95.1 cm³/mol. The number of nitrogens with zero attached hydrogens (tertiary/aromatic N) is 4. The molecule has 0 fully saturated rings. The minimum atomic E-state index is -0.546. The molecule has 0 N–H and O–H groups in total. The molecule has 0 bridgehead atoms. The van der Waals surface area contributed by atoms with Gasteiger partial charge in [-0.05, 0) is 44.5 Å². The molecule has 0 aliphatic heterocycles. The zero-order chi connectivity index (χ0) is 18.2. The van der Waals surface area contributed by atoms with Crippen molar-refractivity contribution in [1.29, 1.82) is 5.26 Å². The molecule has 0 saturated carbocycles. The molecule has 0 atom stereocenters. The molecule has 0 unspecified atom stereocenters. The average Bonchev–Trinajstić information content (AvgIpc) is 3.08. The third-order valence-corrected chi connectivity index (χ3v) is 3.74. The third-order valence-electron chi connectivity index (χ3n) is 3.74. The summed E-state index contributed by atoms with van der Waals surface area (Å²) in [6.07, 6.45) is 3.47. The normalized spacial score (nSPS) is 11.5. The first-order valence-electron chi connectivity index (χ1n) is 8.03. The lowest BCUT2D eigenvalue weighted by atomic mass is 10.0. The molecule has 0 saturated heterocycles. The molecule has 0 amide bonds. The largest absolute Gasteiger partial charge is 0.443 e. The lowest BCUT2D eigenvalue weighted by Gasteiger charge is -2.19. The van der Waals surface area contributed by atoms with E-state index < -0.39 is 11.7 Å². The smallest absolute Gasteiger partial charge is 0.418 e. The van der Waals surface area contributed by atoms with Crippen molar-refractivity contribution in [1.82, 2.24) is 14.3 Å². The molecule has 128 valence electrons. The first-order valence-corrected chi connectivity index (χ1v) is 8.03. The number of rotatable bonds is 2. The monoisotopic (exact) mass is 336 g/mol. The first kappa shape index (κ1) is 16.8. The summed E-state index contributed by atoms with van der Waals surface area (Å²) in [5, 5.41) is 14.2. The Morgan fingerprint density at radius 3 is 2.76 bits per heavy atom. The zero-order valence-corrected chi connectivity index (χ0v) is 14.8. The van der Waals surface area contributed by atoms with Crippen molar-refractivity contribution in [2.45, 2.75) is 32.8 Å². The van der Waals surface area contributed by atoms with Crippen LogP contribution in [0.1, 0.15) is 26.5 Å². The summed E-state index contributed by atoms with van der Waals surface area (Å²) in [5.41, 5.74) is 2.87. The first-order chi connectivity index (χ1) is 11.8. The number of carbonyl (C=O) groups excluding carboxylic acids is 1. The van der Waals surface area contributed by atoms with E-state index >= 15 is 0 Å². The fourth-order valence-corrected chi connectivity index (χ4v) is 2.76. The Bertz CT molecular complexity index is 983. The van der Waals surface area contributed by atoms with Crippen molar-refractivity contribution in [2.24, 2.45) is 7.05 Å². The van der Waals surface area contributed by atoms with Crippen LogP contribution in [-0.2, 0) is 18.2 Å². The van der Waals surface area contributed by atoms with Crippen molar-refractivity contribution >= 4 is 17.0 Å². The van der Waals surface area contributed by atoms with E-state index in [9.17, 15) is 4.79 Å². The van der Waals surface area contributed by atoms with Gasteiger partial charge in [0.2, 0.25) is 0 Å². The lowest BCUT2D eigenvalue weighted by molar-refractivity contribution is 0.0544. The number of fused-ring (bicyclic) bond motifs is 1. The molecule has 0 radical (unpaired) electrons. The maximum atomic E-state index is 12.3. The predicted octanol–water partition coefficient (Wildman–Crippen LogP) is 3.89. The van der Waals surface area contributed by atoms with Gasteiger partial charge in [0.1, 0.15) is 5.60 Å². The molecule has 6 heteroatoms. The van der Waals surface area contributed by atoms with Gasteiger partial charge in [0, 0.05) is 30.4 Å². The second-order valence-corrected chi connectivity index (χ2v) is 6.94. The summed E-state index contributed by atoms with van der Waals surface area (Å²) in [4.78, 5) is 12.3. The van der Waals surface area contributed by atoms with Gasteiger partial charge in [0.25, 0.3) is 0 Å². The van der Waals surface area contributed by atoms with Gasteiger partial charge in [-0.1, -0.05) is 6.07 Å². The van der Waals surface area contributed by atoms with Gasteiger partial charge in [-0.15, -0.1) is 0 Å². The van der Waals surface area contributed by atoms with E-state index in [1.807, 2.05) is 58.3 Å². The fraction of sp³-hybridized carbons (Fsp3) is 0.316. The molecule has 0 spiro atoms. The summed E-state index contributed by atoms with van der Waals surface area (Å²) in [7, 11) is 1.84. The molecular formula is C19H20N4O2. The molecule has 2 aromatic heterocycles. The highest BCUT2D eigenvalue weighted by atomic mass is 16.6. The topological polar surface area (TPSA) is 72.8 Å². The summed E-state index contributed by atoms with van der Waals surface area (Å²) in [5.74, 6) is 0. The highest BCUT2D eigenvalue weighted by Gasteiger charge is 2.19. The number of nitriles is 1. The molecule has 1 aromatic carbocycles. The Hall–Kier alpha value is -3.07. The second kappa shape index (κ2) is 6.10. The molecule has 3 rings (SSSR count). The molecule has 0 aliphatic carbocycles. The summed E-state index contributed by atoms with van der Waals surface area (Å²) >= 11 is 0. The maximum absolute atomic E-state index is 12.3. The second-order valence-electron chi connectivity index (χ2n) is 6.94. The van der Waals surface area contributed by atoms with Crippen LogP contribution >= 0.6 is 0 Å². The van der Waals surface area contributed by atoms with E-state index in [1.165, 1.54) is 4.57 Å². The van der Waals surface area contributed by atoms with E-state index in [4.69, 9.17) is 10.00 Å². The van der Waals surface area contributed by atoms with Crippen LogP contribution in [0.5, 0.6) is 0 Å². The molecule has 2 heterocycles. The van der Waals surface area contributed by atoms with Gasteiger partial charge in [-0.2, -0.15) is 10.4 Å². The summed E-state index contributed by atoms with van der Waals surface area (Å²) in [6, 6.07) is 9.83. The van der Waals surface area contributed by atoms with Crippen LogP contribution in [-0.4, -0.2) is 26.0 Å². The quantitative estimate of drug-likeness (QED) is 0.711. The van der Waals surface area contributed by atoms with Crippen molar-refractivity contribution in [2.75, 3.05) is 0 Å². The summed E-state index contributed by atoms with van der Waals surface area (Å²) in [6.45, 7) is 5.52. The van der Waals surface area contributed by atoms with Crippen LogP contribution in [0.2, 0.25) is 0 Å². The minimum absolute atomic E-state index is 0.257. The number of hydrogen-bond donors (Lipinski definition) is 0. The van der Waals surface area contributed by atoms with E-state index in [1.54, 1.807) is 10.9 Å². The van der Waals surface area contributed by atoms with Crippen LogP contribution in [0.3, 0.4) is 0 Å². The van der Waals surface area contributed by atoms with Crippen LogP contribution < -0.4 is 0 Å². The van der Waals surface area contributed by atoms with Crippen LogP contribution in [0.25, 0.3) is 22.0 Å². The number of aryl methyl sites for hydroxylation is 1. The van der Waals surface area contributed by atoms with E-state index in [-0.39, 0.29) is 6.42 Å². The molecule has 6 nitrogen and oxygen atoms in total. The molecule has 0 aliphatic rings. The summed E-state index contributed by atoms with van der Waals surface area (Å²) < 4.78 is 8.64. The third kappa shape index (κ3) is 3.41. The Morgan fingerprint density at radius 1 is 1.32 bits per heavy atom. The highest BCUT2D eigenvalue weighted by molar-refractivity contribution is 5.92. The number of aromatic nitrogens is 3. The fourth-order valence-electron chi connectivity index (χ4n) is 2.76. The molecule has 25 heavy (non-hydrogen) atoms. The lowest BCUT2D eigenvalue weighted by Crippen LogP contribution is -2.26. The number of carbonyl (C=O) groups is 1. The van der Waals surface area contributed by atoms with Crippen molar-refractivity contribution < 1.29 is 9.53 Å². The van der Waals surface area contributed by atoms with Crippen molar-refractivity contribution in [3.8, 4) is 17.2 Å². The standard InChI is InChI=1S/C19H20N4O2/c1-19(2,3)25-18(24)23-10-8-14-11-13(5-6-17(14)23)15-12-22(4)21-16(15)7-9-20/h5-6,8,10-12H,7H2,1-4H3. The van der Waals surface area contributed by atoms with Gasteiger partial charge in [-0.25, -0.2) is 4.79 Å². The Kier molecular flexibility index (Phi) is 4.09. The highest BCUT2D eigenvalue weighted by Crippen LogP contribution is 2.28. The molecular weight excluding hydrogens is 316 g/mol. The van der Waals surface area contributed by atoms with Crippen molar-refractivity contribution in [3.63, 3.8) is 0 Å². The number of ether oxygens (including phenoxy) is 1. The average molecular weight is 336 g/mol.